The van der Waals surface area contributed by atoms with Gasteiger partial charge in [0.05, 0.1) is 23.1 Å². The van der Waals surface area contributed by atoms with Crippen molar-refractivity contribution in [2.45, 2.75) is 25.7 Å². The number of fused-ring (bicyclic) bond motifs is 1. The van der Waals surface area contributed by atoms with Gasteiger partial charge < -0.3 is 0 Å². The maximum atomic E-state index is 4.73. The van der Waals surface area contributed by atoms with Gasteiger partial charge in [-0.2, -0.15) is 5.10 Å². The van der Waals surface area contributed by atoms with Gasteiger partial charge in [-0.3, -0.25) is 10.1 Å². The van der Waals surface area contributed by atoms with Crippen molar-refractivity contribution in [3.05, 3.63) is 42.0 Å². The Hall–Kier alpha value is -2.23. The van der Waals surface area contributed by atoms with Crippen LogP contribution in [-0.2, 0) is 0 Å². The van der Waals surface area contributed by atoms with E-state index in [1.807, 2.05) is 25.4 Å². The number of H-pyrrole nitrogens is 1. The maximum Gasteiger partial charge on any atom is 0.0924 e. The Labute approximate surface area is 110 Å². The van der Waals surface area contributed by atoms with Gasteiger partial charge in [0.2, 0.25) is 0 Å². The summed E-state index contributed by atoms with van der Waals surface area (Å²) >= 11 is 0. The van der Waals surface area contributed by atoms with E-state index in [9.17, 15) is 0 Å². The molecule has 4 rings (SSSR count). The van der Waals surface area contributed by atoms with Gasteiger partial charge in [0.15, 0.2) is 0 Å². The number of aromatic amines is 1. The number of rotatable bonds is 2. The number of aromatic nitrogens is 4. The Bertz CT molecular complexity index is 756. The number of nitrogens with one attached hydrogen (secondary N) is 1. The summed E-state index contributed by atoms with van der Waals surface area (Å²) in [5.74, 6) is 0.631. The molecule has 0 saturated heterocycles. The lowest BCUT2D eigenvalue weighted by Crippen LogP contribution is -1.92. The molecular weight excluding hydrogens is 236 g/mol. The Kier molecular flexibility index (Phi) is 2.18. The van der Waals surface area contributed by atoms with Gasteiger partial charge in [-0.05, 0) is 31.9 Å². The van der Waals surface area contributed by atoms with Crippen molar-refractivity contribution in [3.8, 4) is 11.3 Å². The fourth-order valence-electron chi connectivity index (χ4n) is 2.39. The van der Waals surface area contributed by atoms with E-state index in [0.29, 0.717) is 5.92 Å². The first kappa shape index (κ1) is 10.7. The van der Waals surface area contributed by atoms with E-state index in [2.05, 4.69) is 27.3 Å². The molecule has 1 aliphatic carbocycles. The predicted octanol–water partition coefficient (Wildman–Crippen LogP) is 3.21. The number of hydrogen-bond acceptors (Lipinski definition) is 3. The summed E-state index contributed by atoms with van der Waals surface area (Å²) in [5.41, 5.74) is 5.26. The quantitative estimate of drug-likeness (QED) is 0.759. The minimum Gasteiger partial charge on any atom is -0.282 e. The van der Waals surface area contributed by atoms with Crippen LogP contribution in [0.2, 0.25) is 0 Å². The fraction of sp³-hybridized carbons (Fsp3) is 0.267. The van der Waals surface area contributed by atoms with E-state index in [4.69, 9.17) is 4.98 Å². The van der Waals surface area contributed by atoms with Crippen molar-refractivity contribution in [2.24, 2.45) is 0 Å². The molecule has 94 valence electrons. The van der Waals surface area contributed by atoms with Crippen LogP contribution in [0.25, 0.3) is 22.2 Å². The molecule has 19 heavy (non-hydrogen) atoms. The van der Waals surface area contributed by atoms with Gasteiger partial charge in [0.1, 0.15) is 0 Å². The molecule has 4 nitrogen and oxygen atoms in total. The van der Waals surface area contributed by atoms with Gasteiger partial charge >= 0.3 is 0 Å². The molecule has 2 aromatic heterocycles. The normalized spacial score (nSPS) is 15.0. The summed E-state index contributed by atoms with van der Waals surface area (Å²) in [6.45, 7) is 2.03. The number of aryl methyl sites for hydroxylation is 1. The molecule has 2 heterocycles. The molecule has 0 unspecified atom stereocenters. The first-order valence-electron chi connectivity index (χ1n) is 6.58. The molecule has 3 aromatic rings. The van der Waals surface area contributed by atoms with E-state index in [1.54, 1.807) is 0 Å². The Balaban J connectivity index is 1.84. The van der Waals surface area contributed by atoms with Gasteiger partial charge in [-0.1, -0.05) is 6.07 Å². The molecule has 1 fully saturated rings. The Morgan fingerprint density at radius 3 is 2.95 bits per heavy atom. The van der Waals surface area contributed by atoms with Crippen LogP contribution in [0.3, 0.4) is 0 Å². The molecule has 1 N–H and O–H groups in total. The van der Waals surface area contributed by atoms with E-state index in [0.717, 1.165) is 33.5 Å². The topological polar surface area (TPSA) is 54.5 Å². The van der Waals surface area contributed by atoms with Crippen LogP contribution in [0.1, 0.15) is 30.1 Å². The summed E-state index contributed by atoms with van der Waals surface area (Å²) in [7, 11) is 0. The number of nitrogens with zero attached hydrogens (tertiary/aromatic N) is 3. The van der Waals surface area contributed by atoms with Crippen LogP contribution in [0.5, 0.6) is 0 Å². The first-order chi connectivity index (χ1) is 9.31. The summed E-state index contributed by atoms with van der Waals surface area (Å²) in [6.07, 6.45) is 6.22. The van der Waals surface area contributed by atoms with E-state index in [1.165, 1.54) is 12.8 Å². The molecular formula is C15H14N4. The van der Waals surface area contributed by atoms with E-state index >= 15 is 0 Å². The summed E-state index contributed by atoms with van der Waals surface area (Å²) < 4.78 is 0. The highest BCUT2D eigenvalue weighted by molar-refractivity contribution is 5.85. The zero-order chi connectivity index (χ0) is 12.8. The third kappa shape index (κ3) is 1.80. The molecule has 0 aliphatic heterocycles. The van der Waals surface area contributed by atoms with E-state index in [-0.39, 0.29) is 0 Å². The molecule has 0 atom stereocenters. The lowest BCUT2D eigenvalue weighted by Gasteiger charge is -2.03. The molecule has 4 heteroatoms. The highest BCUT2D eigenvalue weighted by Crippen LogP contribution is 2.39. The summed E-state index contributed by atoms with van der Waals surface area (Å²) in [4.78, 5) is 9.06. The number of hydrogen-bond donors (Lipinski definition) is 1. The van der Waals surface area contributed by atoms with Crippen LogP contribution >= 0.6 is 0 Å². The molecule has 1 aliphatic rings. The van der Waals surface area contributed by atoms with Crippen LogP contribution < -0.4 is 0 Å². The zero-order valence-corrected chi connectivity index (χ0v) is 10.7. The van der Waals surface area contributed by atoms with E-state index < -0.39 is 0 Å². The highest BCUT2D eigenvalue weighted by atomic mass is 15.1. The van der Waals surface area contributed by atoms with Gasteiger partial charge in [-0.15, -0.1) is 0 Å². The second kappa shape index (κ2) is 3.88. The lowest BCUT2D eigenvalue weighted by atomic mass is 10.1. The lowest BCUT2D eigenvalue weighted by molar-refractivity contribution is 0.993. The van der Waals surface area contributed by atoms with Crippen LogP contribution in [0, 0.1) is 6.92 Å². The first-order valence-corrected chi connectivity index (χ1v) is 6.58. The van der Waals surface area contributed by atoms with Crippen LogP contribution in [0.4, 0.5) is 0 Å². The SMILES string of the molecule is Cc1[nH]nc2ccc(-c3cncc(C4CC4)n3)cc12. The monoisotopic (exact) mass is 250 g/mol. The Morgan fingerprint density at radius 2 is 2.11 bits per heavy atom. The predicted molar refractivity (Wildman–Crippen MR) is 73.8 cm³/mol. The maximum absolute atomic E-state index is 4.73. The standard InChI is InChI=1S/C15H14N4/c1-9-12-6-11(4-5-13(12)19-18-9)15-8-16-7-14(17-15)10-2-3-10/h4-8,10H,2-3H2,1H3,(H,18,19). The molecule has 0 bridgehead atoms. The van der Waals surface area contributed by atoms with Crippen molar-refractivity contribution in [3.63, 3.8) is 0 Å². The second-order valence-corrected chi connectivity index (χ2v) is 5.18. The summed E-state index contributed by atoms with van der Waals surface area (Å²) in [6, 6.07) is 6.22. The van der Waals surface area contributed by atoms with Crippen LogP contribution in [-0.4, -0.2) is 20.2 Å². The molecule has 1 aromatic carbocycles. The Morgan fingerprint density at radius 1 is 1.21 bits per heavy atom. The third-order valence-electron chi connectivity index (χ3n) is 3.69. The van der Waals surface area contributed by atoms with Gasteiger partial charge in [-0.25, -0.2) is 4.98 Å². The largest absolute Gasteiger partial charge is 0.282 e. The zero-order valence-electron chi connectivity index (χ0n) is 10.7. The minimum atomic E-state index is 0.631. The van der Waals surface area contributed by atoms with Crippen molar-refractivity contribution in [1.29, 1.82) is 0 Å². The molecule has 0 radical (unpaired) electrons. The van der Waals surface area contributed by atoms with Crippen molar-refractivity contribution in [2.75, 3.05) is 0 Å². The second-order valence-electron chi connectivity index (χ2n) is 5.18. The average Bonchev–Trinajstić information content (AvgIpc) is 3.24. The molecule has 0 spiro atoms. The fourth-order valence-corrected chi connectivity index (χ4v) is 2.39. The summed E-state index contributed by atoms with van der Waals surface area (Å²) in [5, 5.41) is 8.41. The smallest absolute Gasteiger partial charge is 0.0924 e. The van der Waals surface area contributed by atoms with Gasteiger partial charge in [0, 0.05) is 28.8 Å². The van der Waals surface area contributed by atoms with Crippen molar-refractivity contribution >= 4 is 10.9 Å². The average molecular weight is 250 g/mol. The van der Waals surface area contributed by atoms with Crippen molar-refractivity contribution < 1.29 is 0 Å². The van der Waals surface area contributed by atoms with Crippen molar-refractivity contribution in [1.82, 2.24) is 20.2 Å². The third-order valence-corrected chi connectivity index (χ3v) is 3.69. The minimum absolute atomic E-state index is 0.631. The van der Waals surface area contributed by atoms with Gasteiger partial charge in [0.25, 0.3) is 0 Å². The molecule has 1 saturated carbocycles. The molecule has 0 amide bonds. The van der Waals surface area contributed by atoms with Crippen LogP contribution in [0.15, 0.2) is 30.6 Å². The highest BCUT2D eigenvalue weighted by Gasteiger charge is 2.25. The number of benzene rings is 1.